The maximum atomic E-state index is 4.95. The van der Waals surface area contributed by atoms with Crippen LogP contribution in [0.15, 0.2) is 108 Å². The van der Waals surface area contributed by atoms with E-state index in [9.17, 15) is 0 Å². The van der Waals surface area contributed by atoms with Gasteiger partial charge >= 0.3 is 0 Å². The minimum absolute atomic E-state index is 0.809. The second kappa shape index (κ2) is 8.83. The van der Waals surface area contributed by atoms with Crippen molar-refractivity contribution in [2.45, 2.75) is 12.8 Å². The Morgan fingerprint density at radius 1 is 0.645 bits per heavy atom. The number of rotatable bonds is 4. The highest BCUT2D eigenvalue weighted by Crippen LogP contribution is 2.30. The topological polar surface area (TPSA) is 25.8 Å². The van der Waals surface area contributed by atoms with E-state index in [4.69, 9.17) is 9.97 Å². The molecule has 0 saturated carbocycles. The fourth-order valence-corrected chi connectivity index (χ4v) is 4.19. The first-order chi connectivity index (χ1) is 15.3. The lowest BCUT2D eigenvalue weighted by Crippen LogP contribution is -2.00. The number of aromatic nitrogens is 2. The van der Waals surface area contributed by atoms with Gasteiger partial charge in [-0.05, 0) is 47.7 Å². The molecule has 3 heteroatoms. The molecule has 0 amide bonds. The van der Waals surface area contributed by atoms with Crippen molar-refractivity contribution in [3.05, 3.63) is 113 Å². The number of hydrogen-bond acceptors (Lipinski definition) is 2. The van der Waals surface area contributed by atoms with E-state index < -0.39 is 0 Å². The van der Waals surface area contributed by atoms with Gasteiger partial charge in [-0.3, -0.25) is 0 Å². The first-order valence-electron chi connectivity index (χ1n) is 10.4. The molecule has 1 aliphatic carbocycles. The second-order valence-electron chi connectivity index (χ2n) is 7.57. The van der Waals surface area contributed by atoms with E-state index in [-0.39, 0.29) is 0 Å². The Kier molecular flexibility index (Phi) is 5.59. The average Bonchev–Trinajstić information content (AvgIpc) is 2.85. The van der Waals surface area contributed by atoms with Gasteiger partial charge in [0.25, 0.3) is 0 Å². The van der Waals surface area contributed by atoms with Gasteiger partial charge in [0, 0.05) is 15.6 Å². The molecule has 0 bridgehead atoms. The van der Waals surface area contributed by atoms with Crippen molar-refractivity contribution in [2.75, 3.05) is 0 Å². The monoisotopic (exact) mass is 464 g/mol. The number of halogens is 1. The molecule has 0 unspecified atom stereocenters. The average molecular weight is 465 g/mol. The first-order valence-corrected chi connectivity index (χ1v) is 11.2. The molecule has 0 N–H and O–H groups in total. The Morgan fingerprint density at radius 3 is 2.03 bits per heavy atom. The van der Waals surface area contributed by atoms with Gasteiger partial charge in [0.1, 0.15) is 0 Å². The van der Waals surface area contributed by atoms with Crippen LogP contribution in [0, 0.1) is 0 Å². The molecule has 1 aliphatic rings. The van der Waals surface area contributed by atoms with Gasteiger partial charge in [-0.1, -0.05) is 101 Å². The summed E-state index contributed by atoms with van der Waals surface area (Å²) in [6.45, 7) is 0. The molecule has 1 aromatic heterocycles. The summed E-state index contributed by atoms with van der Waals surface area (Å²) in [6.07, 6.45) is 8.40. The second-order valence-corrected chi connectivity index (χ2v) is 8.49. The van der Waals surface area contributed by atoms with E-state index >= 15 is 0 Å². The summed E-state index contributed by atoms with van der Waals surface area (Å²) in [5.41, 5.74) is 7.64. The summed E-state index contributed by atoms with van der Waals surface area (Å²) >= 11 is 3.58. The fourth-order valence-electron chi connectivity index (χ4n) is 3.79. The highest BCUT2D eigenvalue weighted by Gasteiger charge is 2.13. The Morgan fingerprint density at radius 2 is 1.32 bits per heavy atom. The number of allylic oxidation sites excluding steroid dienone is 4. The molecule has 0 fully saturated rings. The zero-order valence-electron chi connectivity index (χ0n) is 17.0. The van der Waals surface area contributed by atoms with Gasteiger partial charge in [-0.2, -0.15) is 0 Å². The van der Waals surface area contributed by atoms with Gasteiger partial charge in [0.2, 0.25) is 0 Å². The SMILES string of the molecule is Brc1cccc(-c2cc(-c3ccc(-c4ccccc4)cc3)nc(C3=CC=CCC3)n2)c1. The zero-order chi connectivity index (χ0) is 21.0. The quantitative estimate of drug-likeness (QED) is 0.305. The van der Waals surface area contributed by atoms with Gasteiger partial charge in [0.05, 0.1) is 11.4 Å². The van der Waals surface area contributed by atoms with Crippen LogP contribution in [0.2, 0.25) is 0 Å². The minimum atomic E-state index is 0.809. The lowest BCUT2D eigenvalue weighted by Gasteiger charge is -2.13. The molecule has 0 spiro atoms. The van der Waals surface area contributed by atoms with E-state index in [0.29, 0.717) is 0 Å². The summed E-state index contributed by atoms with van der Waals surface area (Å²) in [6, 6.07) is 29.4. The third-order valence-corrected chi connectivity index (χ3v) is 5.93. The molecule has 0 aliphatic heterocycles. The van der Waals surface area contributed by atoms with Crippen LogP contribution in [-0.4, -0.2) is 9.97 Å². The van der Waals surface area contributed by atoms with Crippen LogP contribution >= 0.6 is 15.9 Å². The highest BCUT2D eigenvalue weighted by atomic mass is 79.9. The van der Waals surface area contributed by atoms with Crippen molar-refractivity contribution in [2.24, 2.45) is 0 Å². The van der Waals surface area contributed by atoms with Crippen LogP contribution in [0.3, 0.4) is 0 Å². The minimum Gasteiger partial charge on any atom is -0.228 e. The predicted octanol–water partition coefficient (Wildman–Crippen LogP) is 7.97. The van der Waals surface area contributed by atoms with E-state index in [1.807, 2.05) is 18.2 Å². The van der Waals surface area contributed by atoms with E-state index in [1.165, 1.54) is 16.7 Å². The third kappa shape index (κ3) is 4.42. The molecular weight excluding hydrogens is 444 g/mol. The van der Waals surface area contributed by atoms with Crippen molar-refractivity contribution in [1.29, 1.82) is 0 Å². The normalized spacial score (nSPS) is 13.1. The molecule has 0 radical (unpaired) electrons. The van der Waals surface area contributed by atoms with E-state index in [0.717, 1.165) is 45.7 Å². The van der Waals surface area contributed by atoms with Crippen molar-refractivity contribution in [3.8, 4) is 33.6 Å². The van der Waals surface area contributed by atoms with Crippen LogP contribution in [0.1, 0.15) is 18.7 Å². The molecular formula is C28H21BrN2. The molecule has 5 rings (SSSR count). The number of benzene rings is 3. The number of nitrogens with zero attached hydrogens (tertiary/aromatic N) is 2. The standard InChI is InChI=1S/C28H21BrN2/c29-25-13-7-12-24(18-25)27-19-26(30-28(31-27)23-10-5-2-6-11-23)22-16-14-21(15-17-22)20-8-3-1-4-9-20/h1-5,7-10,12-19H,6,11H2. The Hall–Kier alpha value is -3.30. The fraction of sp³-hybridized carbons (Fsp3) is 0.0714. The van der Waals surface area contributed by atoms with Crippen LogP contribution in [-0.2, 0) is 0 Å². The van der Waals surface area contributed by atoms with Crippen molar-refractivity contribution < 1.29 is 0 Å². The van der Waals surface area contributed by atoms with Gasteiger partial charge in [-0.25, -0.2) is 9.97 Å². The highest BCUT2D eigenvalue weighted by molar-refractivity contribution is 9.10. The molecule has 2 nitrogen and oxygen atoms in total. The van der Waals surface area contributed by atoms with Crippen LogP contribution in [0.4, 0.5) is 0 Å². The molecule has 0 saturated heterocycles. The van der Waals surface area contributed by atoms with Crippen molar-refractivity contribution in [3.63, 3.8) is 0 Å². The maximum absolute atomic E-state index is 4.95. The lowest BCUT2D eigenvalue weighted by atomic mass is 10.0. The van der Waals surface area contributed by atoms with Crippen LogP contribution in [0.5, 0.6) is 0 Å². The molecule has 1 heterocycles. The van der Waals surface area contributed by atoms with Gasteiger partial charge < -0.3 is 0 Å². The summed E-state index contributed by atoms with van der Waals surface area (Å²) in [7, 11) is 0. The largest absolute Gasteiger partial charge is 0.228 e. The molecule has 150 valence electrons. The Labute approximate surface area is 191 Å². The van der Waals surface area contributed by atoms with Crippen LogP contribution in [0.25, 0.3) is 39.2 Å². The molecule has 0 atom stereocenters. The summed E-state index contributed by atoms with van der Waals surface area (Å²) in [4.78, 5) is 9.88. The van der Waals surface area contributed by atoms with E-state index in [1.54, 1.807) is 0 Å². The molecule has 31 heavy (non-hydrogen) atoms. The first kappa shape index (κ1) is 19.7. The zero-order valence-corrected chi connectivity index (χ0v) is 18.6. The lowest BCUT2D eigenvalue weighted by molar-refractivity contribution is 1.01. The number of hydrogen-bond donors (Lipinski definition) is 0. The van der Waals surface area contributed by atoms with Crippen LogP contribution < -0.4 is 0 Å². The summed E-state index contributed by atoms with van der Waals surface area (Å²) < 4.78 is 1.04. The Balaban J connectivity index is 1.59. The smallest absolute Gasteiger partial charge is 0.156 e. The molecule has 4 aromatic rings. The summed E-state index contributed by atoms with van der Waals surface area (Å²) in [5.74, 6) is 0.809. The summed E-state index contributed by atoms with van der Waals surface area (Å²) in [5, 5.41) is 0. The maximum Gasteiger partial charge on any atom is 0.156 e. The predicted molar refractivity (Wildman–Crippen MR) is 132 cm³/mol. The van der Waals surface area contributed by atoms with Crippen molar-refractivity contribution >= 4 is 21.5 Å². The Bertz CT molecular complexity index is 1270. The van der Waals surface area contributed by atoms with Gasteiger partial charge in [-0.15, -0.1) is 0 Å². The van der Waals surface area contributed by atoms with Crippen molar-refractivity contribution in [1.82, 2.24) is 9.97 Å². The van der Waals surface area contributed by atoms with E-state index in [2.05, 4.69) is 101 Å². The molecule has 3 aromatic carbocycles. The third-order valence-electron chi connectivity index (χ3n) is 5.44. The van der Waals surface area contributed by atoms with Gasteiger partial charge in [0.15, 0.2) is 5.82 Å².